The van der Waals surface area contributed by atoms with Crippen LogP contribution in [0.2, 0.25) is 0 Å². The first kappa shape index (κ1) is 17.4. The second-order valence-electron chi connectivity index (χ2n) is 5.45. The van der Waals surface area contributed by atoms with Crippen LogP contribution >= 0.6 is 0 Å². The Morgan fingerprint density at radius 2 is 1.73 bits per heavy atom. The van der Waals surface area contributed by atoms with E-state index in [-0.39, 0.29) is 0 Å². The van der Waals surface area contributed by atoms with Gasteiger partial charge in [0.25, 0.3) is 0 Å². The molecule has 0 saturated carbocycles. The van der Waals surface area contributed by atoms with Gasteiger partial charge in [-0.15, -0.1) is 0 Å². The summed E-state index contributed by atoms with van der Waals surface area (Å²) in [6.45, 7) is 0. The van der Waals surface area contributed by atoms with E-state index in [4.69, 9.17) is 18.6 Å². The number of ether oxygens (including phenoxy) is 3. The van der Waals surface area contributed by atoms with E-state index >= 15 is 0 Å². The van der Waals surface area contributed by atoms with Crippen LogP contribution in [0, 0.1) is 0 Å². The molecule has 26 heavy (non-hydrogen) atoms. The van der Waals surface area contributed by atoms with Gasteiger partial charge >= 0.3 is 0 Å². The lowest BCUT2D eigenvalue weighted by molar-refractivity contribution is 0.319. The third-order valence-corrected chi connectivity index (χ3v) is 3.98. The summed E-state index contributed by atoms with van der Waals surface area (Å²) in [4.78, 5) is 0. The van der Waals surface area contributed by atoms with Gasteiger partial charge in [-0.3, -0.25) is 0 Å². The number of hydrogen-bond donors (Lipinski definition) is 1. The average Bonchev–Trinajstić information content (AvgIpc) is 3.15. The number of allylic oxidation sites excluding steroid dienone is 1. The molecule has 134 valence electrons. The predicted molar refractivity (Wildman–Crippen MR) is 99.7 cm³/mol. The fraction of sp³-hybridized carbons (Fsp3) is 0.150. The van der Waals surface area contributed by atoms with Crippen LogP contribution in [0.5, 0.6) is 17.2 Å². The van der Waals surface area contributed by atoms with Crippen LogP contribution in [0.3, 0.4) is 0 Å². The van der Waals surface area contributed by atoms with E-state index in [9.17, 15) is 5.21 Å². The van der Waals surface area contributed by atoms with Crippen molar-refractivity contribution in [1.82, 2.24) is 0 Å². The first-order chi connectivity index (χ1) is 12.7. The molecule has 0 spiro atoms. The molecule has 1 heterocycles. The van der Waals surface area contributed by atoms with Crippen molar-refractivity contribution >= 4 is 22.8 Å². The summed E-state index contributed by atoms with van der Waals surface area (Å²) >= 11 is 0. The van der Waals surface area contributed by atoms with Gasteiger partial charge in [0, 0.05) is 10.9 Å². The Balaban J connectivity index is 1.95. The van der Waals surface area contributed by atoms with Gasteiger partial charge in [0.15, 0.2) is 11.5 Å². The highest BCUT2D eigenvalue weighted by Gasteiger charge is 2.15. The SMILES string of the molecule is COc1cc(C(/C=C/c2ccc3occc3c2)=N/O)cc(OC)c1OC. The lowest BCUT2D eigenvalue weighted by Gasteiger charge is -2.13. The van der Waals surface area contributed by atoms with Crippen molar-refractivity contribution in [2.75, 3.05) is 21.3 Å². The van der Waals surface area contributed by atoms with Crippen molar-refractivity contribution in [3.8, 4) is 17.2 Å². The van der Waals surface area contributed by atoms with Crippen molar-refractivity contribution in [3.05, 3.63) is 59.9 Å². The number of oxime groups is 1. The molecule has 6 nitrogen and oxygen atoms in total. The molecule has 0 saturated heterocycles. The van der Waals surface area contributed by atoms with Crippen LogP contribution in [-0.4, -0.2) is 32.2 Å². The zero-order valence-electron chi connectivity index (χ0n) is 14.7. The largest absolute Gasteiger partial charge is 0.493 e. The summed E-state index contributed by atoms with van der Waals surface area (Å²) < 4.78 is 21.3. The lowest BCUT2D eigenvalue weighted by Crippen LogP contribution is -2.01. The van der Waals surface area contributed by atoms with E-state index in [1.54, 1.807) is 24.5 Å². The summed E-state index contributed by atoms with van der Waals surface area (Å²) in [5.74, 6) is 1.44. The van der Waals surface area contributed by atoms with Gasteiger partial charge < -0.3 is 23.8 Å². The Morgan fingerprint density at radius 1 is 1.00 bits per heavy atom. The van der Waals surface area contributed by atoms with Crippen molar-refractivity contribution in [2.45, 2.75) is 0 Å². The van der Waals surface area contributed by atoms with Gasteiger partial charge in [0.1, 0.15) is 11.3 Å². The van der Waals surface area contributed by atoms with E-state index < -0.39 is 0 Å². The average molecular weight is 353 g/mol. The minimum absolute atomic E-state index is 0.358. The highest BCUT2D eigenvalue weighted by Crippen LogP contribution is 2.38. The standard InChI is InChI=1S/C20H19NO5/c1-23-18-11-15(12-19(24-2)20(18)25-3)16(21-22)6-4-13-5-7-17-14(10-13)8-9-26-17/h4-12,22H,1-3H3/b6-4+,21-16+. The van der Waals surface area contributed by atoms with Gasteiger partial charge in [-0.2, -0.15) is 0 Å². The Hall–Kier alpha value is -3.41. The van der Waals surface area contributed by atoms with Crippen LogP contribution in [0.25, 0.3) is 17.0 Å². The minimum atomic E-state index is 0.358. The Kier molecular flexibility index (Phi) is 5.12. The first-order valence-electron chi connectivity index (χ1n) is 7.88. The number of rotatable bonds is 6. The molecule has 0 aliphatic carbocycles. The first-order valence-corrected chi connectivity index (χ1v) is 7.88. The summed E-state index contributed by atoms with van der Waals surface area (Å²) in [5, 5.41) is 13.9. The molecule has 0 radical (unpaired) electrons. The quantitative estimate of drug-likeness (QED) is 0.405. The molecule has 0 amide bonds. The van der Waals surface area contributed by atoms with Crippen LogP contribution < -0.4 is 14.2 Å². The van der Waals surface area contributed by atoms with E-state index in [1.807, 2.05) is 30.3 Å². The molecule has 0 aliphatic heterocycles. The van der Waals surface area contributed by atoms with Crippen molar-refractivity contribution in [1.29, 1.82) is 0 Å². The maximum absolute atomic E-state index is 9.46. The molecule has 3 rings (SSSR count). The van der Waals surface area contributed by atoms with Gasteiger partial charge in [0.05, 0.1) is 27.6 Å². The van der Waals surface area contributed by atoms with E-state index in [1.165, 1.54) is 21.3 Å². The van der Waals surface area contributed by atoms with Crippen LogP contribution in [0.15, 0.2) is 58.3 Å². The fourth-order valence-corrected chi connectivity index (χ4v) is 2.68. The van der Waals surface area contributed by atoms with E-state index in [2.05, 4.69) is 5.16 Å². The maximum atomic E-state index is 9.46. The summed E-state index contributed by atoms with van der Waals surface area (Å²) in [6.07, 6.45) is 5.21. The molecular weight excluding hydrogens is 334 g/mol. The molecular formula is C20H19NO5. The highest BCUT2D eigenvalue weighted by atomic mass is 16.5. The third-order valence-electron chi connectivity index (χ3n) is 3.98. The molecule has 0 fully saturated rings. The van der Waals surface area contributed by atoms with Crippen LogP contribution in [-0.2, 0) is 0 Å². The highest BCUT2D eigenvalue weighted by molar-refractivity contribution is 6.11. The molecule has 1 N–H and O–H groups in total. The van der Waals surface area contributed by atoms with Crippen LogP contribution in [0.1, 0.15) is 11.1 Å². The molecule has 0 aliphatic rings. The molecule has 0 bridgehead atoms. The Bertz CT molecular complexity index is 946. The Labute approximate surface area is 150 Å². The molecule has 1 aromatic heterocycles. The zero-order valence-corrected chi connectivity index (χ0v) is 14.7. The smallest absolute Gasteiger partial charge is 0.203 e. The van der Waals surface area contributed by atoms with Crippen molar-refractivity contribution < 1.29 is 23.8 Å². The second-order valence-corrected chi connectivity index (χ2v) is 5.45. The lowest BCUT2D eigenvalue weighted by atomic mass is 10.1. The van der Waals surface area contributed by atoms with Gasteiger partial charge in [-0.1, -0.05) is 17.3 Å². The van der Waals surface area contributed by atoms with E-state index in [0.29, 0.717) is 28.5 Å². The molecule has 0 unspecified atom stereocenters. The summed E-state index contributed by atoms with van der Waals surface area (Å²) in [5.41, 5.74) is 2.76. The second kappa shape index (κ2) is 7.65. The number of hydrogen-bond acceptors (Lipinski definition) is 6. The van der Waals surface area contributed by atoms with Gasteiger partial charge in [-0.05, 0) is 42.0 Å². The minimum Gasteiger partial charge on any atom is -0.493 e. The number of methoxy groups -OCH3 is 3. The molecule has 2 aromatic carbocycles. The predicted octanol–water partition coefficient (Wildman–Crippen LogP) is 4.35. The fourth-order valence-electron chi connectivity index (χ4n) is 2.68. The molecule has 3 aromatic rings. The summed E-state index contributed by atoms with van der Waals surface area (Å²) in [7, 11) is 4.60. The van der Waals surface area contributed by atoms with Crippen molar-refractivity contribution in [2.24, 2.45) is 5.16 Å². The number of furan rings is 1. The third kappa shape index (κ3) is 3.35. The Morgan fingerprint density at radius 3 is 2.35 bits per heavy atom. The molecule has 0 atom stereocenters. The monoisotopic (exact) mass is 353 g/mol. The van der Waals surface area contributed by atoms with Gasteiger partial charge in [0.2, 0.25) is 5.75 Å². The van der Waals surface area contributed by atoms with Gasteiger partial charge in [-0.25, -0.2) is 0 Å². The van der Waals surface area contributed by atoms with Crippen LogP contribution in [0.4, 0.5) is 0 Å². The zero-order chi connectivity index (χ0) is 18.5. The summed E-state index contributed by atoms with van der Waals surface area (Å²) in [6, 6.07) is 11.1. The number of fused-ring (bicyclic) bond motifs is 1. The normalized spacial score (nSPS) is 11.9. The number of nitrogens with zero attached hydrogens (tertiary/aromatic N) is 1. The number of benzene rings is 2. The topological polar surface area (TPSA) is 73.4 Å². The van der Waals surface area contributed by atoms with Crippen molar-refractivity contribution in [3.63, 3.8) is 0 Å². The maximum Gasteiger partial charge on any atom is 0.203 e. The van der Waals surface area contributed by atoms with E-state index in [0.717, 1.165) is 16.5 Å². The molecule has 6 heteroatoms.